The number of aromatic nitrogens is 4. The summed E-state index contributed by atoms with van der Waals surface area (Å²) in [5.74, 6) is 1.81. The van der Waals surface area contributed by atoms with Crippen LogP contribution in [0.3, 0.4) is 0 Å². The van der Waals surface area contributed by atoms with E-state index < -0.39 is 0 Å². The number of benzene rings is 8. The van der Waals surface area contributed by atoms with Crippen LogP contribution < -0.4 is 0 Å². The zero-order valence-corrected chi connectivity index (χ0v) is 31.2. The maximum absolute atomic E-state index is 6.44. The zero-order valence-electron chi connectivity index (χ0n) is 30.4. The first-order valence-electron chi connectivity index (χ1n) is 19.0. The maximum atomic E-state index is 6.44. The van der Waals surface area contributed by atoms with Crippen molar-refractivity contribution in [3.8, 4) is 51.0 Å². The molecule has 4 aromatic heterocycles. The second-order valence-corrected chi connectivity index (χ2v) is 15.4. The molecule has 0 atom stereocenters. The number of hydrogen-bond acceptors (Lipinski definition) is 5. The van der Waals surface area contributed by atoms with Crippen molar-refractivity contribution in [1.29, 1.82) is 0 Å². The Labute approximate surface area is 330 Å². The topological polar surface area (TPSA) is 56.7 Å². The van der Waals surface area contributed by atoms with Gasteiger partial charge in [-0.3, -0.25) is 0 Å². The predicted molar refractivity (Wildman–Crippen MR) is 236 cm³/mol. The monoisotopic (exact) mass is 746 g/mol. The van der Waals surface area contributed by atoms with Gasteiger partial charge in [0.1, 0.15) is 11.2 Å². The molecular formula is C51H30N4OS. The SMILES string of the molecule is c1ccc(-c2nc(-c3ccc4c(c3)sc3c(-c5cccc6c5c5ccccc5n6-c5ccccc5)cccc34)nc(-c3cccc4c3oc3ccccc34)n2)cc1. The van der Waals surface area contributed by atoms with Gasteiger partial charge in [-0.15, -0.1) is 11.3 Å². The van der Waals surface area contributed by atoms with Crippen LogP contribution in [0.15, 0.2) is 186 Å². The van der Waals surface area contributed by atoms with E-state index in [9.17, 15) is 0 Å². The summed E-state index contributed by atoms with van der Waals surface area (Å²) in [6, 6.07) is 63.8. The van der Waals surface area contributed by atoms with Crippen molar-refractivity contribution in [3.63, 3.8) is 0 Å². The van der Waals surface area contributed by atoms with Gasteiger partial charge in [0, 0.05) is 64.1 Å². The molecule has 0 saturated heterocycles. The van der Waals surface area contributed by atoms with Gasteiger partial charge in [0.2, 0.25) is 0 Å². The van der Waals surface area contributed by atoms with Gasteiger partial charge in [-0.1, -0.05) is 140 Å². The molecule has 57 heavy (non-hydrogen) atoms. The quantitative estimate of drug-likeness (QED) is 0.176. The molecule has 0 spiro atoms. The van der Waals surface area contributed by atoms with Gasteiger partial charge in [-0.2, -0.15) is 0 Å². The van der Waals surface area contributed by atoms with Crippen LogP contribution in [-0.2, 0) is 0 Å². The van der Waals surface area contributed by atoms with Gasteiger partial charge < -0.3 is 8.98 Å². The molecule has 6 heteroatoms. The molecule has 0 aliphatic rings. The Morgan fingerprint density at radius 2 is 1.05 bits per heavy atom. The standard InChI is InChI=1S/C51H30N4OS/c1-3-14-31(15-4-1)49-52-50(54-51(53-49)41-24-11-21-37-34-18-8-10-27-44(34)56-47(37)41)32-28-29-35-38-22-12-23-39(48(38)57-45(35)30-32)36-20-13-26-43-46(36)40-19-7-9-25-42(40)55(43)33-16-5-2-6-17-33/h1-30H. The highest BCUT2D eigenvalue weighted by Crippen LogP contribution is 2.45. The van der Waals surface area contributed by atoms with E-state index in [1.54, 1.807) is 0 Å². The van der Waals surface area contributed by atoms with Gasteiger partial charge >= 0.3 is 0 Å². The first-order chi connectivity index (χ1) is 28.3. The molecule has 0 aliphatic heterocycles. The Morgan fingerprint density at radius 1 is 0.421 bits per heavy atom. The van der Waals surface area contributed by atoms with Crippen molar-refractivity contribution in [2.75, 3.05) is 0 Å². The molecule has 12 aromatic rings. The second kappa shape index (κ2) is 12.6. The van der Waals surface area contributed by atoms with Crippen LogP contribution >= 0.6 is 11.3 Å². The Kier molecular flexibility index (Phi) is 7.03. The molecular weight excluding hydrogens is 717 g/mol. The normalized spacial score (nSPS) is 11.9. The van der Waals surface area contributed by atoms with Gasteiger partial charge in [0.25, 0.3) is 0 Å². The van der Waals surface area contributed by atoms with Crippen molar-refractivity contribution in [3.05, 3.63) is 182 Å². The summed E-state index contributed by atoms with van der Waals surface area (Å²) >= 11 is 1.82. The van der Waals surface area contributed by atoms with Crippen molar-refractivity contribution >= 4 is 75.3 Å². The van der Waals surface area contributed by atoms with Crippen molar-refractivity contribution < 1.29 is 4.42 Å². The third-order valence-electron chi connectivity index (χ3n) is 11.1. The number of rotatable bonds is 5. The molecule has 5 nitrogen and oxygen atoms in total. The third kappa shape index (κ3) is 4.98. The van der Waals surface area contributed by atoms with Crippen LogP contribution in [0.25, 0.3) is 115 Å². The second-order valence-electron chi connectivity index (χ2n) is 14.3. The highest BCUT2D eigenvalue weighted by atomic mass is 32.1. The minimum atomic E-state index is 0.574. The lowest BCUT2D eigenvalue weighted by molar-refractivity contribution is 0.669. The number of furan rings is 1. The molecule has 0 fully saturated rings. The Hall–Kier alpha value is -7.41. The number of fused-ring (bicyclic) bond motifs is 9. The van der Waals surface area contributed by atoms with Crippen molar-refractivity contribution in [2.24, 2.45) is 0 Å². The summed E-state index contributed by atoms with van der Waals surface area (Å²) in [4.78, 5) is 15.3. The largest absolute Gasteiger partial charge is 0.455 e. The van der Waals surface area contributed by atoms with E-state index in [1.165, 1.54) is 53.1 Å². The van der Waals surface area contributed by atoms with E-state index in [0.29, 0.717) is 17.5 Å². The molecule has 0 N–H and O–H groups in total. The number of nitrogens with zero attached hydrogens (tertiary/aromatic N) is 4. The summed E-state index contributed by atoms with van der Waals surface area (Å²) in [5.41, 5.74) is 10.3. The van der Waals surface area contributed by atoms with Crippen molar-refractivity contribution in [1.82, 2.24) is 19.5 Å². The van der Waals surface area contributed by atoms with Gasteiger partial charge in [-0.05, 0) is 48.0 Å². The van der Waals surface area contributed by atoms with E-state index >= 15 is 0 Å². The van der Waals surface area contributed by atoms with Crippen LogP contribution in [0.2, 0.25) is 0 Å². The molecule has 0 saturated carbocycles. The summed E-state index contributed by atoms with van der Waals surface area (Å²) < 4.78 is 11.3. The molecule has 0 aliphatic carbocycles. The van der Waals surface area contributed by atoms with Gasteiger partial charge in [0.05, 0.1) is 16.6 Å². The fourth-order valence-corrected chi connectivity index (χ4v) is 9.78. The fourth-order valence-electron chi connectivity index (χ4n) is 8.51. The molecule has 0 unspecified atom stereocenters. The summed E-state index contributed by atoms with van der Waals surface area (Å²) in [5, 5.41) is 7.05. The third-order valence-corrected chi connectivity index (χ3v) is 12.3. The minimum absolute atomic E-state index is 0.574. The molecule has 8 aromatic carbocycles. The molecule has 0 amide bonds. The lowest BCUT2D eigenvalue weighted by Crippen LogP contribution is -2.00. The van der Waals surface area contributed by atoms with Crippen LogP contribution in [0, 0.1) is 0 Å². The number of thiophene rings is 1. The highest BCUT2D eigenvalue weighted by molar-refractivity contribution is 7.26. The highest BCUT2D eigenvalue weighted by Gasteiger charge is 2.21. The van der Waals surface area contributed by atoms with E-state index in [0.717, 1.165) is 44.3 Å². The minimum Gasteiger partial charge on any atom is -0.455 e. The lowest BCUT2D eigenvalue weighted by atomic mass is 9.97. The molecule has 266 valence electrons. The first kappa shape index (κ1) is 31.9. The van der Waals surface area contributed by atoms with E-state index in [4.69, 9.17) is 19.4 Å². The Morgan fingerprint density at radius 3 is 1.91 bits per heavy atom. The van der Waals surface area contributed by atoms with Crippen LogP contribution in [0.5, 0.6) is 0 Å². The first-order valence-corrected chi connectivity index (χ1v) is 19.8. The molecule has 0 radical (unpaired) electrons. The summed E-state index contributed by atoms with van der Waals surface area (Å²) in [7, 11) is 0. The van der Waals surface area contributed by atoms with Crippen LogP contribution in [0.1, 0.15) is 0 Å². The van der Waals surface area contributed by atoms with Crippen molar-refractivity contribution in [2.45, 2.75) is 0 Å². The number of hydrogen-bond donors (Lipinski definition) is 0. The predicted octanol–water partition coefficient (Wildman–Crippen LogP) is 13.9. The maximum Gasteiger partial charge on any atom is 0.167 e. The van der Waals surface area contributed by atoms with Gasteiger partial charge in [-0.25, -0.2) is 15.0 Å². The fraction of sp³-hybridized carbons (Fsp3) is 0. The lowest BCUT2D eigenvalue weighted by Gasteiger charge is -2.09. The Balaban J connectivity index is 1.04. The average molecular weight is 747 g/mol. The van der Waals surface area contributed by atoms with Gasteiger partial charge in [0.15, 0.2) is 17.5 Å². The molecule has 0 bridgehead atoms. The number of para-hydroxylation sites is 4. The molecule has 4 heterocycles. The van der Waals surface area contributed by atoms with Crippen LogP contribution in [-0.4, -0.2) is 19.5 Å². The zero-order chi connectivity index (χ0) is 37.5. The van der Waals surface area contributed by atoms with E-state index in [2.05, 4.69) is 126 Å². The molecule has 12 rings (SSSR count). The Bertz CT molecular complexity index is 3530. The van der Waals surface area contributed by atoms with E-state index in [-0.39, 0.29) is 0 Å². The summed E-state index contributed by atoms with van der Waals surface area (Å²) in [6.07, 6.45) is 0. The average Bonchev–Trinajstić information content (AvgIpc) is 3.96. The van der Waals surface area contributed by atoms with Crippen LogP contribution in [0.4, 0.5) is 0 Å². The smallest absolute Gasteiger partial charge is 0.167 e. The van der Waals surface area contributed by atoms with E-state index in [1.807, 2.05) is 72.0 Å². The summed E-state index contributed by atoms with van der Waals surface area (Å²) in [6.45, 7) is 0.